The molecule has 1 saturated heterocycles. The molecule has 1 aliphatic heterocycles. The summed E-state index contributed by atoms with van der Waals surface area (Å²) < 4.78 is 40.4. The molecule has 0 aromatic heterocycles. The highest BCUT2D eigenvalue weighted by molar-refractivity contribution is 5.81. The molecule has 1 heterocycles. The first-order valence-corrected chi connectivity index (χ1v) is 5.61. The first-order valence-electron chi connectivity index (χ1n) is 5.61. The second-order valence-electron chi connectivity index (χ2n) is 4.24. The van der Waals surface area contributed by atoms with Gasteiger partial charge in [-0.3, -0.25) is 4.79 Å². The Labute approximate surface area is 107 Å². The molecule has 19 heavy (non-hydrogen) atoms. The lowest BCUT2D eigenvalue weighted by Crippen LogP contribution is -2.50. The quantitative estimate of drug-likeness (QED) is 0.754. The lowest BCUT2D eigenvalue weighted by atomic mass is 9.94. The van der Waals surface area contributed by atoms with E-state index in [4.69, 9.17) is 0 Å². The van der Waals surface area contributed by atoms with Crippen LogP contribution >= 0.6 is 0 Å². The highest BCUT2D eigenvalue weighted by Gasteiger charge is 2.39. The molecule has 1 rings (SSSR count). The Hall–Kier alpha value is -1.51. The normalized spacial score (nSPS) is 23.9. The van der Waals surface area contributed by atoms with E-state index in [0.717, 1.165) is 0 Å². The number of aliphatic hydroxyl groups is 1. The number of rotatable bonds is 2. The van der Waals surface area contributed by atoms with Crippen molar-refractivity contribution in [2.24, 2.45) is 5.92 Å². The molecule has 2 atom stereocenters. The molecule has 0 aromatic carbocycles. The molecule has 2 unspecified atom stereocenters. The standard InChI is InChI=1S/C10H15F3N2O4/c1-19-9(18)15-3-2-6(7(16)5-15)4-14-8(17)10(11,12)13/h6-7,16H,2-5H2,1H3,(H,14,17). The number of β-amino-alcohol motifs (C(OH)–C–C–N with tert-alkyl or cyclic N) is 1. The minimum atomic E-state index is -4.93. The molecule has 2 N–H and O–H groups in total. The van der Waals surface area contributed by atoms with Crippen molar-refractivity contribution in [1.29, 1.82) is 0 Å². The van der Waals surface area contributed by atoms with Crippen molar-refractivity contribution in [3.8, 4) is 0 Å². The van der Waals surface area contributed by atoms with E-state index >= 15 is 0 Å². The Bertz CT molecular complexity index is 348. The maximum absolute atomic E-state index is 12.0. The van der Waals surface area contributed by atoms with Gasteiger partial charge >= 0.3 is 18.2 Å². The first kappa shape index (κ1) is 15.5. The fourth-order valence-corrected chi connectivity index (χ4v) is 1.84. The molecule has 0 radical (unpaired) electrons. The van der Waals surface area contributed by atoms with Gasteiger partial charge in [-0.1, -0.05) is 0 Å². The Balaban J connectivity index is 2.42. The van der Waals surface area contributed by atoms with Crippen LogP contribution in [-0.4, -0.2) is 61.0 Å². The number of nitrogens with zero attached hydrogens (tertiary/aromatic N) is 1. The highest BCUT2D eigenvalue weighted by Crippen LogP contribution is 2.19. The second-order valence-corrected chi connectivity index (χ2v) is 4.24. The van der Waals surface area contributed by atoms with Gasteiger partial charge in [-0.15, -0.1) is 0 Å². The van der Waals surface area contributed by atoms with E-state index in [1.165, 1.54) is 12.0 Å². The van der Waals surface area contributed by atoms with Crippen molar-refractivity contribution in [1.82, 2.24) is 10.2 Å². The van der Waals surface area contributed by atoms with Crippen LogP contribution < -0.4 is 5.32 Å². The number of methoxy groups -OCH3 is 1. The van der Waals surface area contributed by atoms with Gasteiger partial charge in [0.1, 0.15) is 0 Å². The van der Waals surface area contributed by atoms with Crippen LogP contribution in [0.5, 0.6) is 0 Å². The molecule has 1 aliphatic rings. The average Bonchev–Trinajstić information content (AvgIpc) is 2.34. The number of ether oxygens (including phenoxy) is 1. The molecule has 0 spiro atoms. The third-order valence-corrected chi connectivity index (χ3v) is 2.94. The van der Waals surface area contributed by atoms with Crippen LogP contribution in [0.25, 0.3) is 0 Å². The molecule has 1 fully saturated rings. The molecule has 6 nitrogen and oxygen atoms in total. The maximum Gasteiger partial charge on any atom is 0.471 e. The Morgan fingerprint density at radius 1 is 1.47 bits per heavy atom. The number of alkyl halides is 3. The van der Waals surface area contributed by atoms with Crippen LogP contribution in [0.1, 0.15) is 6.42 Å². The summed E-state index contributed by atoms with van der Waals surface area (Å²) in [6.07, 6.45) is -6.25. The number of piperidine rings is 1. The zero-order valence-corrected chi connectivity index (χ0v) is 10.2. The Morgan fingerprint density at radius 3 is 2.58 bits per heavy atom. The fourth-order valence-electron chi connectivity index (χ4n) is 1.84. The zero-order chi connectivity index (χ0) is 14.6. The Kier molecular flexibility index (Phi) is 4.98. The van der Waals surface area contributed by atoms with Crippen LogP contribution in [0, 0.1) is 5.92 Å². The van der Waals surface area contributed by atoms with Crippen LogP contribution in [0.15, 0.2) is 0 Å². The van der Waals surface area contributed by atoms with E-state index in [2.05, 4.69) is 4.74 Å². The van der Waals surface area contributed by atoms with Gasteiger partial charge < -0.3 is 20.1 Å². The minimum Gasteiger partial charge on any atom is -0.453 e. The highest BCUT2D eigenvalue weighted by atomic mass is 19.4. The molecule has 2 amide bonds. The van der Waals surface area contributed by atoms with Crippen molar-refractivity contribution >= 4 is 12.0 Å². The minimum absolute atomic E-state index is 0.0285. The summed E-state index contributed by atoms with van der Waals surface area (Å²) in [6.45, 7) is -0.0515. The predicted molar refractivity (Wildman–Crippen MR) is 57.2 cm³/mol. The van der Waals surface area contributed by atoms with Crippen molar-refractivity contribution in [3.05, 3.63) is 0 Å². The topological polar surface area (TPSA) is 78.9 Å². The summed E-state index contributed by atoms with van der Waals surface area (Å²) in [4.78, 5) is 23.1. The van der Waals surface area contributed by atoms with E-state index in [-0.39, 0.29) is 26.1 Å². The summed E-state index contributed by atoms with van der Waals surface area (Å²) in [5.41, 5.74) is 0. The molecule has 0 saturated carbocycles. The number of hydrogen-bond donors (Lipinski definition) is 2. The lowest BCUT2D eigenvalue weighted by Gasteiger charge is -2.35. The van der Waals surface area contributed by atoms with E-state index in [1.807, 2.05) is 0 Å². The van der Waals surface area contributed by atoms with E-state index < -0.39 is 30.2 Å². The van der Waals surface area contributed by atoms with Crippen LogP contribution in [0.4, 0.5) is 18.0 Å². The van der Waals surface area contributed by atoms with E-state index in [0.29, 0.717) is 0 Å². The molecule has 9 heteroatoms. The largest absolute Gasteiger partial charge is 0.471 e. The van der Waals surface area contributed by atoms with Gasteiger partial charge in [0.25, 0.3) is 0 Å². The van der Waals surface area contributed by atoms with Crippen molar-refractivity contribution in [3.63, 3.8) is 0 Å². The monoisotopic (exact) mass is 284 g/mol. The zero-order valence-electron chi connectivity index (χ0n) is 10.2. The molecule has 0 bridgehead atoms. The van der Waals surface area contributed by atoms with Crippen LogP contribution in [-0.2, 0) is 9.53 Å². The number of carbonyl (C=O) groups excluding carboxylic acids is 2. The lowest BCUT2D eigenvalue weighted by molar-refractivity contribution is -0.174. The first-order chi connectivity index (χ1) is 8.75. The van der Waals surface area contributed by atoms with Gasteiger partial charge in [0.15, 0.2) is 0 Å². The van der Waals surface area contributed by atoms with Gasteiger partial charge in [-0.05, 0) is 6.42 Å². The number of nitrogens with one attached hydrogen (secondary N) is 1. The molecule has 0 aromatic rings. The number of halogens is 3. The summed E-state index contributed by atoms with van der Waals surface area (Å²) in [5.74, 6) is -2.55. The summed E-state index contributed by atoms with van der Waals surface area (Å²) in [6, 6.07) is 0. The van der Waals surface area contributed by atoms with Gasteiger partial charge in [-0.25, -0.2) is 4.79 Å². The Morgan fingerprint density at radius 2 is 2.11 bits per heavy atom. The SMILES string of the molecule is COC(=O)N1CCC(CNC(=O)C(F)(F)F)C(O)C1. The third-order valence-electron chi connectivity index (χ3n) is 2.94. The van der Waals surface area contributed by atoms with Gasteiger partial charge in [-0.2, -0.15) is 13.2 Å². The van der Waals surface area contributed by atoms with E-state index in [9.17, 15) is 27.9 Å². The van der Waals surface area contributed by atoms with Crippen LogP contribution in [0.3, 0.4) is 0 Å². The summed E-state index contributed by atoms with van der Waals surface area (Å²) in [5, 5.41) is 11.4. The summed E-state index contributed by atoms with van der Waals surface area (Å²) in [7, 11) is 1.20. The van der Waals surface area contributed by atoms with Gasteiger partial charge in [0, 0.05) is 19.0 Å². The third kappa shape index (κ3) is 4.27. The van der Waals surface area contributed by atoms with Crippen molar-refractivity contribution in [2.75, 3.05) is 26.7 Å². The van der Waals surface area contributed by atoms with E-state index in [1.54, 1.807) is 5.32 Å². The van der Waals surface area contributed by atoms with Gasteiger partial charge in [0.2, 0.25) is 0 Å². The number of aliphatic hydroxyl groups excluding tert-OH is 1. The molecular weight excluding hydrogens is 269 g/mol. The maximum atomic E-state index is 12.0. The smallest absolute Gasteiger partial charge is 0.453 e. The van der Waals surface area contributed by atoms with Crippen LogP contribution in [0.2, 0.25) is 0 Å². The van der Waals surface area contributed by atoms with Crippen molar-refractivity contribution in [2.45, 2.75) is 18.7 Å². The fraction of sp³-hybridized carbons (Fsp3) is 0.800. The average molecular weight is 284 g/mol. The number of amides is 2. The number of likely N-dealkylation sites (tertiary alicyclic amines) is 1. The van der Waals surface area contributed by atoms with Crippen molar-refractivity contribution < 1.29 is 32.6 Å². The molecular formula is C10H15F3N2O4. The second kappa shape index (κ2) is 6.09. The van der Waals surface area contributed by atoms with Gasteiger partial charge in [0.05, 0.1) is 19.8 Å². The summed E-state index contributed by atoms with van der Waals surface area (Å²) >= 11 is 0. The molecule has 110 valence electrons. The number of hydrogen-bond acceptors (Lipinski definition) is 4. The predicted octanol–water partition coefficient (Wildman–Crippen LogP) is 0.114. The molecule has 0 aliphatic carbocycles. The number of carbonyl (C=O) groups is 2.